The zero-order valence-electron chi connectivity index (χ0n) is 21.4. The van der Waals surface area contributed by atoms with Gasteiger partial charge < -0.3 is 26.7 Å². The number of aromatic nitrogens is 2. The molecule has 3 amide bonds. The second-order valence-corrected chi connectivity index (χ2v) is 9.75. The number of rotatable bonds is 7. The van der Waals surface area contributed by atoms with E-state index in [1.807, 2.05) is 0 Å². The molecule has 0 unspecified atom stereocenters. The first-order valence-electron chi connectivity index (χ1n) is 11.8. The molecular formula is C23H20N8NaO8S+. The van der Waals surface area contributed by atoms with E-state index < -0.39 is 46.4 Å². The van der Waals surface area contributed by atoms with Crippen LogP contribution in [0.15, 0.2) is 46.3 Å². The van der Waals surface area contributed by atoms with Gasteiger partial charge in [-0.1, -0.05) is 17.3 Å². The van der Waals surface area contributed by atoms with Gasteiger partial charge in [0.25, 0.3) is 17.5 Å². The molecule has 3 aliphatic heterocycles. The SMILES string of the molecule is Nc1nc(C(=NO)C(=O)N[C@H]2C(=O)N3C(C(=O)O)=C(C(=C4CCNC4=O)c4cccc([N+](=O)[O-])c4)CC[C@@H]23)ns1.[Na+]. The van der Waals surface area contributed by atoms with Gasteiger partial charge in [0.1, 0.15) is 11.7 Å². The Morgan fingerprint density at radius 1 is 1.29 bits per heavy atom. The van der Waals surface area contributed by atoms with E-state index in [0.717, 1.165) is 16.4 Å². The Hall–Kier alpha value is -4.19. The molecule has 2 aromatic rings. The number of non-ortho nitro benzene ring substituents is 1. The smallest absolute Gasteiger partial charge is 0.477 e. The molecule has 0 saturated carbocycles. The number of carboxylic acids is 1. The van der Waals surface area contributed by atoms with Crippen molar-refractivity contribution in [3.8, 4) is 0 Å². The molecule has 6 N–H and O–H groups in total. The summed E-state index contributed by atoms with van der Waals surface area (Å²) >= 11 is 0.768. The third-order valence-corrected chi connectivity index (χ3v) is 7.32. The Kier molecular flexibility index (Phi) is 8.52. The Labute approximate surface area is 256 Å². The van der Waals surface area contributed by atoms with E-state index >= 15 is 0 Å². The number of allylic oxidation sites excluding steroid dienone is 2. The van der Waals surface area contributed by atoms with E-state index in [1.54, 1.807) is 0 Å². The number of hydrogen-bond donors (Lipinski definition) is 5. The number of oxime groups is 1. The van der Waals surface area contributed by atoms with Gasteiger partial charge in [0, 0.05) is 35.8 Å². The minimum absolute atomic E-state index is 0. The fraction of sp³-hybridized carbons (Fsp3) is 0.261. The molecule has 2 fully saturated rings. The van der Waals surface area contributed by atoms with Crippen molar-refractivity contribution in [3.05, 3.63) is 62.6 Å². The van der Waals surface area contributed by atoms with E-state index in [-0.39, 0.29) is 93.4 Å². The Balaban J connectivity index is 0.00000387. The number of nitro groups is 1. The van der Waals surface area contributed by atoms with Crippen LogP contribution in [0.25, 0.3) is 5.57 Å². The monoisotopic (exact) mass is 591 g/mol. The number of carbonyl (C=O) groups is 4. The number of nitrogens with two attached hydrogens (primary N) is 1. The molecule has 3 aliphatic rings. The summed E-state index contributed by atoms with van der Waals surface area (Å²) < 4.78 is 3.81. The van der Waals surface area contributed by atoms with Crippen LogP contribution in [0.1, 0.15) is 30.7 Å². The molecule has 0 radical (unpaired) electrons. The summed E-state index contributed by atoms with van der Waals surface area (Å²) in [5.74, 6) is -3.83. The quantitative estimate of drug-likeness (QED) is 0.0413. The maximum Gasteiger partial charge on any atom is 1.00 e. The zero-order chi connectivity index (χ0) is 28.7. The minimum Gasteiger partial charge on any atom is -0.477 e. The van der Waals surface area contributed by atoms with Gasteiger partial charge in [0.05, 0.1) is 11.0 Å². The number of fused-ring (bicyclic) bond motifs is 1. The van der Waals surface area contributed by atoms with Gasteiger partial charge in [0.2, 0.25) is 17.4 Å². The molecule has 0 aliphatic carbocycles. The zero-order valence-corrected chi connectivity index (χ0v) is 24.2. The number of aliphatic carboxylic acids is 1. The van der Waals surface area contributed by atoms with Gasteiger partial charge in [-0.3, -0.25) is 29.4 Å². The van der Waals surface area contributed by atoms with Crippen molar-refractivity contribution in [2.75, 3.05) is 12.3 Å². The van der Waals surface area contributed by atoms with Crippen molar-refractivity contribution < 1.29 is 64.0 Å². The van der Waals surface area contributed by atoms with Crippen molar-refractivity contribution in [1.29, 1.82) is 0 Å². The predicted octanol–water partition coefficient (Wildman–Crippen LogP) is -2.99. The predicted molar refractivity (Wildman–Crippen MR) is 137 cm³/mol. The number of β-lactam (4-membered cyclic amide) rings is 1. The summed E-state index contributed by atoms with van der Waals surface area (Å²) in [6, 6.07) is 3.60. The van der Waals surface area contributed by atoms with Crippen LogP contribution in [0.4, 0.5) is 10.8 Å². The number of benzene rings is 1. The van der Waals surface area contributed by atoms with Crippen LogP contribution >= 0.6 is 11.5 Å². The van der Waals surface area contributed by atoms with E-state index in [1.165, 1.54) is 24.3 Å². The van der Waals surface area contributed by atoms with E-state index in [9.17, 15) is 39.6 Å². The number of nitro benzene ring substituents is 1. The standard InChI is InChI=1S/C23H20N8O8S.Na/c24-23-27-18(29-40-23)16(28-37)20(33)26-15-13-5-4-11(17(22(35)36)30(13)21(15)34)14(12-6-7-25-19(12)32)9-2-1-3-10(8-9)31(38)39;/h1-3,8,13,15,37H,4-7H2,(H,25,32)(H,26,33)(H,35,36)(H2,24,27,29);/q;+1/t13-,15+;/m0./s1. The Morgan fingerprint density at radius 2 is 2.05 bits per heavy atom. The summed E-state index contributed by atoms with van der Waals surface area (Å²) in [5, 5.41) is 39.0. The first-order chi connectivity index (χ1) is 19.1. The third-order valence-electron chi connectivity index (χ3n) is 6.78. The summed E-state index contributed by atoms with van der Waals surface area (Å²) in [6.07, 6.45) is 0.535. The van der Waals surface area contributed by atoms with Crippen LogP contribution in [0, 0.1) is 10.1 Å². The molecule has 16 nitrogen and oxygen atoms in total. The van der Waals surface area contributed by atoms with Crippen molar-refractivity contribution >= 4 is 57.3 Å². The topological polar surface area (TPSA) is 243 Å². The second-order valence-electron chi connectivity index (χ2n) is 8.97. The van der Waals surface area contributed by atoms with Crippen LogP contribution in [0.2, 0.25) is 0 Å². The fourth-order valence-corrected chi connectivity index (χ4v) is 5.54. The van der Waals surface area contributed by atoms with Crippen LogP contribution in [0.3, 0.4) is 0 Å². The number of nitrogens with zero attached hydrogens (tertiary/aromatic N) is 5. The number of nitrogen functional groups attached to an aromatic ring is 1. The van der Waals surface area contributed by atoms with Gasteiger partial charge in [-0.25, -0.2) is 4.79 Å². The van der Waals surface area contributed by atoms with Crippen LogP contribution in [-0.2, 0) is 19.2 Å². The molecule has 18 heteroatoms. The minimum atomic E-state index is -1.44. The van der Waals surface area contributed by atoms with E-state index in [2.05, 4.69) is 25.1 Å². The third kappa shape index (κ3) is 5.31. The second kappa shape index (κ2) is 11.7. The van der Waals surface area contributed by atoms with Crippen LogP contribution in [0.5, 0.6) is 0 Å². The van der Waals surface area contributed by atoms with Gasteiger partial charge in [-0.05, 0) is 36.0 Å². The molecule has 1 aromatic heterocycles. The summed E-state index contributed by atoms with van der Waals surface area (Å²) in [4.78, 5) is 66.8. The number of carboxylic acid groups (broad SMARTS) is 1. The molecule has 2 atom stereocenters. The average molecular weight is 592 g/mol. The number of nitrogens with one attached hydrogen (secondary N) is 2. The Bertz CT molecular complexity index is 1580. The maximum atomic E-state index is 13.2. The van der Waals surface area contributed by atoms with Crippen molar-refractivity contribution in [2.45, 2.75) is 31.3 Å². The van der Waals surface area contributed by atoms with Crippen molar-refractivity contribution in [3.63, 3.8) is 0 Å². The number of carbonyl (C=O) groups excluding carboxylic acids is 3. The molecule has 4 heterocycles. The normalized spacial score (nSPS) is 21.4. The molecule has 0 bridgehead atoms. The van der Waals surface area contributed by atoms with Crippen LogP contribution in [-0.4, -0.2) is 77.5 Å². The fourth-order valence-electron chi connectivity index (χ4n) is 5.10. The van der Waals surface area contributed by atoms with Gasteiger partial charge >= 0.3 is 35.5 Å². The molecule has 5 rings (SSSR count). The molecule has 41 heavy (non-hydrogen) atoms. The van der Waals surface area contributed by atoms with Crippen LogP contribution < -0.4 is 45.9 Å². The largest absolute Gasteiger partial charge is 1.00 e. The molecule has 1 aromatic carbocycles. The molecule has 206 valence electrons. The summed E-state index contributed by atoms with van der Waals surface area (Å²) in [7, 11) is 0. The maximum absolute atomic E-state index is 13.2. The summed E-state index contributed by atoms with van der Waals surface area (Å²) in [6.45, 7) is 0.301. The van der Waals surface area contributed by atoms with E-state index in [4.69, 9.17) is 5.73 Å². The molecule has 2 saturated heterocycles. The van der Waals surface area contributed by atoms with Gasteiger partial charge in [0.15, 0.2) is 5.13 Å². The van der Waals surface area contributed by atoms with E-state index in [0.29, 0.717) is 6.54 Å². The Morgan fingerprint density at radius 3 is 2.63 bits per heavy atom. The first kappa shape index (κ1) is 29.8. The molecule has 0 spiro atoms. The summed E-state index contributed by atoms with van der Waals surface area (Å²) in [5.41, 5.74) is 5.22. The number of amides is 3. The van der Waals surface area contributed by atoms with Gasteiger partial charge in [-0.2, -0.15) is 9.36 Å². The average Bonchev–Trinajstić information content (AvgIpc) is 3.55. The van der Waals surface area contributed by atoms with Gasteiger partial charge in [-0.15, -0.1) is 0 Å². The first-order valence-corrected chi connectivity index (χ1v) is 12.6. The van der Waals surface area contributed by atoms with Crippen molar-refractivity contribution in [2.24, 2.45) is 5.16 Å². The number of anilines is 1. The van der Waals surface area contributed by atoms with Crippen molar-refractivity contribution in [1.82, 2.24) is 24.9 Å². The molecular weight excluding hydrogens is 571 g/mol. The number of hydrogen-bond acceptors (Lipinski definition) is 12.